The van der Waals surface area contributed by atoms with Gasteiger partial charge in [0.05, 0.1) is 6.04 Å². The highest BCUT2D eigenvalue weighted by Gasteiger charge is 2.21. The molecule has 1 atom stereocenters. The largest absolute Gasteiger partial charge is 0.454 e. The Morgan fingerprint density at radius 1 is 1.12 bits per heavy atom. The molecule has 26 heavy (non-hydrogen) atoms. The molecule has 2 aromatic carbocycles. The molecular weight excluding hydrogens is 328 g/mol. The van der Waals surface area contributed by atoms with Crippen LogP contribution in [0.3, 0.4) is 0 Å². The number of rotatable bonds is 3. The molecule has 5 nitrogen and oxygen atoms in total. The van der Waals surface area contributed by atoms with Crippen molar-refractivity contribution >= 4 is 11.6 Å². The van der Waals surface area contributed by atoms with Crippen LogP contribution in [0, 0.1) is 0 Å². The minimum Gasteiger partial charge on any atom is -0.454 e. The molecule has 0 saturated carbocycles. The molecule has 1 unspecified atom stereocenters. The Labute approximate surface area is 153 Å². The number of nitrogens with zero attached hydrogens (tertiary/aromatic N) is 1. The van der Waals surface area contributed by atoms with Gasteiger partial charge in [-0.2, -0.15) is 0 Å². The maximum absolute atomic E-state index is 12.6. The van der Waals surface area contributed by atoms with E-state index in [1.807, 2.05) is 48.2 Å². The molecule has 0 aromatic heterocycles. The van der Waals surface area contributed by atoms with Crippen molar-refractivity contribution in [3.63, 3.8) is 0 Å². The van der Waals surface area contributed by atoms with E-state index in [2.05, 4.69) is 23.5 Å². The van der Waals surface area contributed by atoms with Crippen molar-refractivity contribution in [2.24, 2.45) is 0 Å². The first kappa shape index (κ1) is 16.5. The predicted octanol–water partition coefficient (Wildman–Crippen LogP) is 3.98. The van der Waals surface area contributed by atoms with Crippen LogP contribution in [0.25, 0.3) is 5.57 Å². The zero-order valence-electron chi connectivity index (χ0n) is 14.8. The number of ether oxygens (including phenoxy) is 2. The normalized spacial score (nSPS) is 16.8. The fourth-order valence-electron chi connectivity index (χ4n) is 3.31. The Morgan fingerprint density at radius 2 is 1.92 bits per heavy atom. The van der Waals surface area contributed by atoms with E-state index >= 15 is 0 Å². The lowest BCUT2D eigenvalue weighted by Gasteiger charge is -2.28. The van der Waals surface area contributed by atoms with Gasteiger partial charge in [0, 0.05) is 13.1 Å². The minimum atomic E-state index is -0.100. The van der Waals surface area contributed by atoms with Gasteiger partial charge in [-0.25, -0.2) is 4.79 Å². The predicted molar refractivity (Wildman–Crippen MR) is 100 cm³/mol. The maximum atomic E-state index is 12.6. The molecule has 2 aromatic rings. The monoisotopic (exact) mass is 350 g/mol. The van der Waals surface area contributed by atoms with E-state index in [9.17, 15) is 4.79 Å². The Kier molecular flexibility index (Phi) is 4.52. The van der Waals surface area contributed by atoms with Crippen molar-refractivity contribution in [1.82, 2.24) is 10.2 Å². The average Bonchev–Trinajstić information content (AvgIpc) is 3.16. The molecule has 4 rings (SSSR count). The number of nitrogens with one attached hydrogen (secondary N) is 1. The molecule has 0 aliphatic carbocycles. The zero-order chi connectivity index (χ0) is 17.9. The molecule has 134 valence electrons. The molecule has 2 amide bonds. The van der Waals surface area contributed by atoms with Gasteiger partial charge in [0.1, 0.15) is 0 Å². The summed E-state index contributed by atoms with van der Waals surface area (Å²) in [6.45, 7) is 3.58. The molecule has 0 saturated heterocycles. The van der Waals surface area contributed by atoms with Crippen LogP contribution in [0.1, 0.15) is 30.5 Å². The minimum absolute atomic E-state index is 0.0430. The van der Waals surface area contributed by atoms with Gasteiger partial charge in [-0.1, -0.05) is 42.5 Å². The number of hydrogen-bond acceptors (Lipinski definition) is 3. The van der Waals surface area contributed by atoms with E-state index in [1.165, 1.54) is 11.1 Å². The first-order chi connectivity index (χ1) is 12.7. The van der Waals surface area contributed by atoms with Gasteiger partial charge < -0.3 is 19.7 Å². The van der Waals surface area contributed by atoms with E-state index in [4.69, 9.17) is 9.47 Å². The van der Waals surface area contributed by atoms with Crippen LogP contribution in [0.5, 0.6) is 11.5 Å². The smallest absolute Gasteiger partial charge is 0.318 e. The second-order valence-electron chi connectivity index (χ2n) is 6.58. The topological polar surface area (TPSA) is 50.8 Å². The number of carbonyl (C=O) groups excluding carboxylic acids is 1. The van der Waals surface area contributed by atoms with E-state index in [1.54, 1.807) is 0 Å². The van der Waals surface area contributed by atoms with E-state index in [0.717, 1.165) is 30.0 Å². The van der Waals surface area contributed by atoms with Crippen LogP contribution in [-0.2, 0) is 0 Å². The molecule has 1 N–H and O–H groups in total. The summed E-state index contributed by atoms with van der Waals surface area (Å²) in [4.78, 5) is 14.4. The number of fused-ring (bicyclic) bond motifs is 1. The highest BCUT2D eigenvalue weighted by molar-refractivity contribution is 5.77. The fourth-order valence-corrected chi connectivity index (χ4v) is 3.31. The maximum Gasteiger partial charge on any atom is 0.318 e. The zero-order valence-corrected chi connectivity index (χ0v) is 14.8. The number of urea groups is 1. The van der Waals surface area contributed by atoms with Gasteiger partial charge in [-0.3, -0.25) is 0 Å². The van der Waals surface area contributed by atoms with Crippen molar-refractivity contribution in [3.05, 3.63) is 65.7 Å². The fraction of sp³-hybridized carbons (Fsp3) is 0.286. The van der Waals surface area contributed by atoms with Crippen molar-refractivity contribution in [2.45, 2.75) is 19.4 Å². The summed E-state index contributed by atoms with van der Waals surface area (Å²) in [7, 11) is 0. The molecule has 2 heterocycles. The van der Waals surface area contributed by atoms with Crippen LogP contribution in [0.2, 0.25) is 0 Å². The summed E-state index contributed by atoms with van der Waals surface area (Å²) in [5.74, 6) is 1.49. The van der Waals surface area contributed by atoms with Gasteiger partial charge >= 0.3 is 6.03 Å². The molecule has 5 heteroatoms. The number of hydrogen-bond donors (Lipinski definition) is 1. The van der Waals surface area contributed by atoms with Crippen molar-refractivity contribution < 1.29 is 14.3 Å². The molecular formula is C21H22N2O3. The third-order valence-corrected chi connectivity index (χ3v) is 4.88. The second kappa shape index (κ2) is 7.12. The van der Waals surface area contributed by atoms with E-state index in [0.29, 0.717) is 6.54 Å². The summed E-state index contributed by atoms with van der Waals surface area (Å²) in [5.41, 5.74) is 3.54. The third-order valence-electron chi connectivity index (χ3n) is 4.88. The highest BCUT2D eigenvalue weighted by atomic mass is 16.7. The molecule has 0 spiro atoms. The number of benzene rings is 2. The number of amides is 2. The first-order valence-corrected chi connectivity index (χ1v) is 8.90. The Balaban J connectivity index is 1.37. The quantitative estimate of drug-likeness (QED) is 0.911. The van der Waals surface area contributed by atoms with Gasteiger partial charge in [0.25, 0.3) is 0 Å². The lowest BCUT2D eigenvalue weighted by atomic mass is 10.00. The number of carbonyl (C=O) groups is 1. The summed E-state index contributed by atoms with van der Waals surface area (Å²) >= 11 is 0. The molecule has 2 aliphatic rings. The Morgan fingerprint density at radius 3 is 2.69 bits per heavy atom. The van der Waals surface area contributed by atoms with Crippen LogP contribution in [-0.4, -0.2) is 30.8 Å². The summed E-state index contributed by atoms with van der Waals surface area (Å²) < 4.78 is 10.7. The Hall–Kier alpha value is -2.95. The average molecular weight is 350 g/mol. The summed E-state index contributed by atoms with van der Waals surface area (Å²) in [6.07, 6.45) is 3.01. The molecule has 2 aliphatic heterocycles. The van der Waals surface area contributed by atoms with Gasteiger partial charge in [-0.15, -0.1) is 0 Å². The highest BCUT2D eigenvalue weighted by Crippen LogP contribution is 2.34. The molecule has 0 radical (unpaired) electrons. The van der Waals surface area contributed by atoms with Gasteiger partial charge in [0.15, 0.2) is 11.5 Å². The second-order valence-corrected chi connectivity index (χ2v) is 6.58. The lowest BCUT2D eigenvalue weighted by Crippen LogP contribution is -2.43. The van der Waals surface area contributed by atoms with Crippen LogP contribution < -0.4 is 14.8 Å². The van der Waals surface area contributed by atoms with Crippen molar-refractivity contribution in [1.29, 1.82) is 0 Å². The summed E-state index contributed by atoms with van der Waals surface area (Å²) in [5, 5.41) is 3.07. The van der Waals surface area contributed by atoms with Crippen molar-refractivity contribution in [2.75, 3.05) is 19.9 Å². The molecule has 0 fully saturated rings. The standard InChI is InChI=1S/C21H22N2O3/c1-15(18-7-8-19-20(13-18)26-14-25-19)22-21(24)23-11-9-17(10-12-23)16-5-3-2-4-6-16/h2-9,13,15H,10-12,14H2,1H3,(H,22,24). The van der Waals surface area contributed by atoms with Crippen LogP contribution >= 0.6 is 0 Å². The third kappa shape index (κ3) is 3.38. The van der Waals surface area contributed by atoms with Crippen LogP contribution in [0.15, 0.2) is 54.6 Å². The van der Waals surface area contributed by atoms with Gasteiger partial charge in [-0.05, 0) is 42.2 Å². The Bertz CT molecular complexity index is 832. The van der Waals surface area contributed by atoms with Crippen molar-refractivity contribution in [3.8, 4) is 11.5 Å². The van der Waals surface area contributed by atoms with Gasteiger partial charge in [0.2, 0.25) is 6.79 Å². The SMILES string of the molecule is CC(NC(=O)N1CC=C(c2ccccc2)CC1)c1ccc2c(c1)OCO2. The van der Waals surface area contributed by atoms with E-state index < -0.39 is 0 Å². The van der Waals surface area contributed by atoms with Crippen LogP contribution in [0.4, 0.5) is 4.79 Å². The molecule has 0 bridgehead atoms. The first-order valence-electron chi connectivity index (χ1n) is 8.90. The summed E-state index contributed by atoms with van der Waals surface area (Å²) in [6, 6.07) is 16.0. The lowest BCUT2D eigenvalue weighted by molar-refractivity contribution is 0.174. The van der Waals surface area contributed by atoms with E-state index in [-0.39, 0.29) is 18.9 Å².